The molecule has 2 atom stereocenters. The van der Waals surface area contributed by atoms with E-state index in [0.29, 0.717) is 11.8 Å². The second kappa shape index (κ2) is 4.39. The maximum absolute atomic E-state index is 5.90. The van der Waals surface area contributed by atoms with Crippen molar-refractivity contribution in [1.82, 2.24) is 24.5 Å². The predicted octanol–water partition coefficient (Wildman–Crippen LogP) is -0.0481. The summed E-state index contributed by atoms with van der Waals surface area (Å²) in [6, 6.07) is 2.52. The van der Waals surface area contributed by atoms with Crippen LogP contribution in [0.2, 0.25) is 0 Å². The van der Waals surface area contributed by atoms with E-state index in [0.717, 1.165) is 37.8 Å². The van der Waals surface area contributed by atoms with Crippen LogP contribution in [0.1, 0.15) is 5.69 Å². The molecule has 0 bridgehead atoms. The normalized spacial score (nSPS) is 27.2. The molecule has 2 aromatic rings. The summed E-state index contributed by atoms with van der Waals surface area (Å²) in [5.41, 5.74) is 0.963. The van der Waals surface area contributed by atoms with Gasteiger partial charge in [0.25, 0.3) is 5.78 Å². The van der Waals surface area contributed by atoms with E-state index in [-0.39, 0.29) is 6.10 Å². The molecule has 0 saturated carbocycles. The molecule has 0 radical (unpaired) electrons. The van der Waals surface area contributed by atoms with Crippen molar-refractivity contribution in [2.24, 2.45) is 0 Å². The molecule has 2 saturated heterocycles. The van der Waals surface area contributed by atoms with Crippen LogP contribution in [0.4, 0.5) is 5.82 Å². The maximum atomic E-state index is 5.90. The van der Waals surface area contributed by atoms with Crippen LogP contribution in [0.5, 0.6) is 0 Å². The summed E-state index contributed by atoms with van der Waals surface area (Å²) >= 11 is 0. The first kappa shape index (κ1) is 12.0. The summed E-state index contributed by atoms with van der Waals surface area (Å²) in [5.74, 6) is 1.71. The highest BCUT2D eigenvalue weighted by Crippen LogP contribution is 2.26. The Morgan fingerprint density at radius 1 is 1.35 bits per heavy atom. The number of fused-ring (bicyclic) bond motifs is 2. The zero-order valence-corrected chi connectivity index (χ0v) is 11.7. The van der Waals surface area contributed by atoms with Gasteiger partial charge in [-0.25, -0.2) is 4.98 Å². The second-order valence-electron chi connectivity index (χ2n) is 5.59. The van der Waals surface area contributed by atoms with Gasteiger partial charge in [0, 0.05) is 31.4 Å². The first-order chi connectivity index (χ1) is 9.72. The molecular formula is C13H18N6O. The zero-order chi connectivity index (χ0) is 13.7. The van der Waals surface area contributed by atoms with Crippen molar-refractivity contribution in [3.63, 3.8) is 0 Å². The van der Waals surface area contributed by atoms with E-state index < -0.39 is 0 Å². The molecule has 20 heavy (non-hydrogen) atoms. The number of nitrogens with zero attached hydrogens (tertiary/aromatic N) is 6. The highest BCUT2D eigenvalue weighted by molar-refractivity contribution is 5.48. The molecule has 2 aromatic heterocycles. The SMILES string of the molecule is Cc1cc(N2CC3OCCN(C)C3C2)n2ncnc2n1. The molecule has 0 aliphatic carbocycles. The van der Waals surface area contributed by atoms with E-state index in [1.54, 1.807) is 6.33 Å². The van der Waals surface area contributed by atoms with Gasteiger partial charge in [-0.05, 0) is 14.0 Å². The van der Waals surface area contributed by atoms with Gasteiger partial charge in [-0.1, -0.05) is 0 Å². The highest BCUT2D eigenvalue weighted by atomic mass is 16.5. The lowest BCUT2D eigenvalue weighted by atomic mass is 10.1. The number of rotatable bonds is 1. The number of anilines is 1. The van der Waals surface area contributed by atoms with Crippen molar-refractivity contribution in [1.29, 1.82) is 0 Å². The minimum atomic E-state index is 0.279. The van der Waals surface area contributed by atoms with Gasteiger partial charge in [-0.2, -0.15) is 14.6 Å². The zero-order valence-electron chi connectivity index (χ0n) is 11.7. The van der Waals surface area contributed by atoms with Crippen molar-refractivity contribution in [3.8, 4) is 0 Å². The van der Waals surface area contributed by atoms with Gasteiger partial charge in [0.15, 0.2) is 0 Å². The number of aromatic nitrogens is 4. The average molecular weight is 274 g/mol. The fraction of sp³-hybridized carbons (Fsp3) is 0.615. The summed E-state index contributed by atoms with van der Waals surface area (Å²) in [6.45, 7) is 5.67. The minimum Gasteiger partial charge on any atom is -0.373 e. The van der Waals surface area contributed by atoms with Crippen molar-refractivity contribution in [2.75, 3.05) is 38.2 Å². The van der Waals surface area contributed by atoms with E-state index in [1.165, 1.54) is 0 Å². The summed E-state index contributed by atoms with van der Waals surface area (Å²) < 4.78 is 7.71. The van der Waals surface area contributed by atoms with Crippen LogP contribution in [-0.2, 0) is 4.74 Å². The van der Waals surface area contributed by atoms with Crippen LogP contribution >= 0.6 is 0 Å². The van der Waals surface area contributed by atoms with Crippen LogP contribution in [0.15, 0.2) is 12.4 Å². The van der Waals surface area contributed by atoms with Gasteiger partial charge in [0.05, 0.1) is 18.8 Å². The lowest BCUT2D eigenvalue weighted by Gasteiger charge is -2.33. The Morgan fingerprint density at radius 2 is 2.25 bits per heavy atom. The third-order valence-electron chi connectivity index (χ3n) is 4.26. The van der Waals surface area contributed by atoms with E-state index in [1.807, 2.05) is 11.4 Å². The van der Waals surface area contributed by atoms with Crippen molar-refractivity contribution in [3.05, 3.63) is 18.1 Å². The first-order valence-electron chi connectivity index (χ1n) is 6.96. The molecule has 2 unspecified atom stereocenters. The van der Waals surface area contributed by atoms with Crippen LogP contribution in [0.25, 0.3) is 5.78 Å². The van der Waals surface area contributed by atoms with Gasteiger partial charge in [-0.15, -0.1) is 0 Å². The number of hydrogen-bond donors (Lipinski definition) is 0. The molecule has 106 valence electrons. The molecule has 4 rings (SSSR count). The van der Waals surface area contributed by atoms with E-state index in [9.17, 15) is 0 Å². The van der Waals surface area contributed by atoms with Gasteiger partial charge >= 0.3 is 0 Å². The molecule has 0 spiro atoms. The molecule has 2 fully saturated rings. The third kappa shape index (κ3) is 1.77. The summed E-state index contributed by atoms with van der Waals surface area (Å²) in [4.78, 5) is 13.3. The van der Waals surface area contributed by atoms with E-state index in [2.05, 4.69) is 38.0 Å². The molecule has 0 aromatic carbocycles. The minimum absolute atomic E-state index is 0.279. The topological polar surface area (TPSA) is 58.8 Å². The van der Waals surface area contributed by atoms with Crippen LogP contribution in [0.3, 0.4) is 0 Å². The van der Waals surface area contributed by atoms with Gasteiger partial charge in [-0.3, -0.25) is 4.90 Å². The third-order valence-corrected chi connectivity index (χ3v) is 4.26. The molecule has 7 nitrogen and oxygen atoms in total. The van der Waals surface area contributed by atoms with Crippen molar-refractivity contribution >= 4 is 11.6 Å². The maximum Gasteiger partial charge on any atom is 0.254 e. The fourth-order valence-electron chi connectivity index (χ4n) is 3.18. The van der Waals surface area contributed by atoms with Gasteiger partial charge in [0.2, 0.25) is 0 Å². The van der Waals surface area contributed by atoms with Gasteiger partial charge < -0.3 is 9.64 Å². The van der Waals surface area contributed by atoms with Gasteiger partial charge in [0.1, 0.15) is 12.1 Å². The number of morpholine rings is 1. The number of ether oxygens (including phenoxy) is 1. The highest BCUT2D eigenvalue weighted by Gasteiger charge is 2.39. The monoisotopic (exact) mass is 274 g/mol. The fourth-order valence-corrected chi connectivity index (χ4v) is 3.18. The first-order valence-corrected chi connectivity index (χ1v) is 6.96. The number of likely N-dealkylation sites (N-methyl/N-ethyl adjacent to an activating group) is 1. The lowest BCUT2D eigenvalue weighted by Crippen LogP contribution is -2.48. The summed E-state index contributed by atoms with van der Waals surface area (Å²) in [7, 11) is 2.17. The molecule has 2 aliphatic heterocycles. The van der Waals surface area contributed by atoms with Crippen molar-refractivity contribution < 1.29 is 4.74 Å². The second-order valence-corrected chi connectivity index (χ2v) is 5.59. The number of hydrogen-bond acceptors (Lipinski definition) is 6. The Hall–Kier alpha value is -1.73. The summed E-state index contributed by atoms with van der Waals surface area (Å²) in [6.07, 6.45) is 1.83. The van der Waals surface area contributed by atoms with Crippen LogP contribution in [0, 0.1) is 6.92 Å². The lowest BCUT2D eigenvalue weighted by molar-refractivity contribution is -0.0362. The van der Waals surface area contributed by atoms with E-state index >= 15 is 0 Å². The van der Waals surface area contributed by atoms with Crippen LogP contribution in [-0.4, -0.2) is 69.9 Å². The molecule has 0 amide bonds. The standard InChI is InChI=1S/C13H18N6O/c1-9-5-12(19-13(16-9)14-8-15-19)18-6-10-11(7-18)20-4-3-17(10)2/h5,8,10-11H,3-4,6-7H2,1-2H3. The molecule has 0 N–H and O–H groups in total. The van der Waals surface area contributed by atoms with E-state index in [4.69, 9.17) is 4.74 Å². The molecular weight excluding hydrogens is 256 g/mol. The Balaban J connectivity index is 1.72. The Kier molecular flexibility index (Phi) is 2.64. The number of aryl methyl sites for hydroxylation is 1. The quantitative estimate of drug-likeness (QED) is 0.727. The molecule has 7 heteroatoms. The smallest absolute Gasteiger partial charge is 0.254 e. The van der Waals surface area contributed by atoms with Crippen molar-refractivity contribution in [2.45, 2.75) is 19.1 Å². The van der Waals surface area contributed by atoms with Crippen LogP contribution < -0.4 is 4.90 Å². The summed E-state index contributed by atoms with van der Waals surface area (Å²) in [5, 5.41) is 4.29. The predicted molar refractivity (Wildman–Crippen MR) is 73.9 cm³/mol. The Labute approximate surface area is 117 Å². The Morgan fingerprint density at radius 3 is 3.10 bits per heavy atom. The largest absolute Gasteiger partial charge is 0.373 e. The Bertz CT molecular complexity index is 641. The average Bonchev–Trinajstić information content (AvgIpc) is 3.04. The molecule has 2 aliphatic rings. The molecule has 4 heterocycles.